The van der Waals surface area contributed by atoms with Gasteiger partial charge in [0.15, 0.2) is 0 Å². The van der Waals surface area contributed by atoms with Gasteiger partial charge in [0.25, 0.3) is 0 Å². The van der Waals surface area contributed by atoms with Crippen LogP contribution in [-0.2, 0) is 11.3 Å². The van der Waals surface area contributed by atoms with E-state index >= 15 is 0 Å². The molecule has 1 aromatic heterocycles. The molecule has 1 rings (SSSR count). The molecule has 9 heteroatoms. The summed E-state index contributed by atoms with van der Waals surface area (Å²) in [6.45, 7) is -1.97. The quantitative estimate of drug-likeness (QED) is 0.825. The molecule has 1 N–H and O–H groups in total. The summed E-state index contributed by atoms with van der Waals surface area (Å²) in [5, 5.41) is 8.78. The second-order valence-corrected chi connectivity index (χ2v) is 6.30. The SMILES string of the molecule is CN(Cc1ccc(Cl)s1)C(=O)CN(CCO)CC(F)(F)F. The smallest absolute Gasteiger partial charge is 0.395 e. The van der Waals surface area contributed by atoms with Gasteiger partial charge in [0.1, 0.15) is 0 Å². The van der Waals surface area contributed by atoms with Crippen LogP contribution < -0.4 is 0 Å². The summed E-state index contributed by atoms with van der Waals surface area (Å²) in [4.78, 5) is 15.0. The molecule has 0 atom stereocenters. The van der Waals surface area contributed by atoms with Crippen molar-refractivity contribution >= 4 is 28.8 Å². The third kappa shape index (κ3) is 7.12. The Morgan fingerprint density at radius 3 is 2.57 bits per heavy atom. The van der Waals surface area contributed by atoms with Crippen LogP contribution in [0.1, 0.15) is 4.88 Å². The molecule has 1 heterocycles. The van der Waals surface area contributed by atoms with Crippen LogP contribution in [0.15, 0.2) is 12.1 Å². The number of thiophene rings is 1. The fourth-order valence-corrected chi connectivity index (χ4v) is 2.82. The van der Waals surface area contributed by atoms with Gasteiger partial charge in [-0.2, -0.15) is 13.2 Å². The first kappa shape index (κ1) is 18.2. The topological polar surface area (TPSA) is 43.8 Å². The number of alkyl halides is 3. The lowest BCUT2D eigenvalue weighted by molar-refractivity contribution is -0.152. The summed E-state index contributed by atoms with van der Waals surface area (Å²) in [6, 6.07) is 3.46. The van der Waals surface area contributed by atoms with E-state index in [1.54, 1.807) is 12.1 Å². The zero-order chi connectivity index (χ0) is 16.0. The number of likely N-dealkylation sites (N-methyl/N-ethyl adjacent to an activating group) is 1. The number of amides is 1. The third-order valence-corrected chi connectivity index (χ3v) is 3.84. The molecule has 0 saturated heterocycles. The third-order valence-electron chi connectivity index (χ3n) is 2.63. The molecule has 4 nitrogen and oxygen atoms in total. The maximum atomic E-state index is 12.4. The van der Waals surface area contributed by atoms with E-state index in [4.69, 9.17) is 16.7 Å². The van der Waals surface area contributed by atoms with E-state index in [0.717, 1.165) is 9.78 Å². The van der Waals surface area contributed by atoms with Crippen molar-refractivity contribution in [2.45, 2.75) is 12.7 Å². The lowest BCUT2D eigenvalue weighted by atomic mass is 10.3. The summed E-state index contributed by atoms with van der Waals surface area (Å²) < 4.78 is 37.7. The molecule has 0 radical (unpaired) electrons. The summed E-state index contributed by atoms with van der Waals surface area (Å²) in [6.07, 6.45) is -4.41. The van der Waals surface area contributed by atoms with Crippen LogP contribution in [0.3, 0.4) is 0 Å². The number of aliphatic hydroxyl groups is 1. The van der Waals surface area contributed by atoms with Gasteiger partial charge in [0.2, 0.25) is 5.91 Å². The fourth-order valence-electron chi connectivity index (χ4n) is 1.68. The first-order valence-corrected chi connectivity index (χ1v) is 7.29. The van der Waals surface area contributed by atoms with Gasteiger partial charge in [-0.25, -0.2) is 0 Å². The van der Waals surface area contributed by atoms with Crippen LogP contribution in [0.25, 0.3) is 0 Å². The van der Waals surface area contributed by atoms with Crippen molar-refractivity contribution in [2.75, 3.05) is 33.3 Å². The molecule has 0 aliphatic rings. The number of nitrogens with zero attached hydrogens (tertiary/aromatic N) is 2. The van der Waals surface area contributed by atoms with Gasteiger partial charge in [-0.1, -0.05) is 11.6 Å². The highest BCUT2D eigenvalue weighted by Crippen LogP contribution is 2.22. The predicted octanol–water partition coefficient (Wildman–Crippen LogP) is 2.22. The van der Waals surface area contributed by atoms with Crippen molar-refractivity contribution in [3.05, 3.63) is 21.3 Å². The van der Waals surface area contributed by atoms with Crippen molar-refractivity contribution in [1.82, 2.24) is 9.80 Å². The van der Waals surface area contributed by atoms with Crippen molar-refractivity contribution in [3.63, 3.8) is 0 Å². The maximum absolute atomic E-state index is 12.4. The summed E-state index contributed by atoms with van der Waals surface area (Å²) in [7, 11) is 1.51. The molecule has 1 aromatic rings. The van der Waals surface area contributed by atoms with Gasteiger partial charge >= 0.3 is 6.18 Å². The molecule has 0 aliphatic heterocycles. The van der Waals surface area contributed by atoms with Gasteiger partial charge in [0, 0.05) is 18.5 Å². The molecule has 1 amide bonds. The van der Waals surface area contributed by atoms with Crippen LogP contribution in [-0.4, -0.2) is 60.3 Å². The lowest BCUT2D eigenvalue weighted by Crippen LogP contribution is -2.43. The Balaban J connectivity index is 2.55. The zero-order valence-corrected chi connectivity index (χ0v) is 12.9. The molecular formula is C12H16ClF3N2O2S. The summed E-state index contributed by atoms with van der Waals surface area (Å²) in [5.74, 6) is -0.447. The Bertz CT molecular complexity index is 468. The van der Waals surface area contributed by atoms with Crippen LogP contribution >= 0.6 is 22.9 Å². The van der Waals surface area contributed by atoms with Crippen molar-refractivity contribution in [1.29, 1.82) is 0 Å². The minimum Gasteiger partial charge on any atom is -0.395 e. The van der Waals surface area contributed by atoms with E-state index in [0.29, 0.717) is 4.34 Å². The van der Waals surface area contributed by atoms with Crippen LogP contribution in [0.4, 0.5) is 13.2 Å². The lowest BCUT2D eigenvalue weighted by Gasteiger charge is -2.25. The van der Waals surface area contributed by atoms with Gasteiger partial charge < -0.3 is 10.0 Å². The number of aliphatic hydroxyl groups excluding tert-OH is 1. The molecule has 0 bridgehead atoms. The summed E-state index contributed by atoms with van der Waals surface area (Å²) >= 11 is 7.09. The Morgan fingerprint density at radius 2 is 2.10 bits per heavy atom. The van der Waals surface area contributed by atoms with Gasteiger partial charge in [0.05, 0.1) is 30.6 Å². The van der Waals surface area contributed by atoms with E-state index in [1.807, 2.05) is 0 Å². The minimum absolute atomic E-state index is 0.204. The van der Waals surface area contributed by atoms with Gasteiger partial charge in [-0.05, 0) is 12.1 Å². The highest BCUT2D eigenvalue weighted by atomic mass is 35.5. The Morgan fingerprint density at radius 1 is 1.43 bits per heavy atom. The van der Waals surface area contributed by atoms with Crippen molar-refractivity contribution in [2.24, 2.45) is 0 Å². The Hall–Kier alpha value is -0.830. The van der Waals surface area contributed by atoms with Gasteiger partial charge in [-0.3, -0.25) is 9.69 Å². The van der Waals surface area contributed by atoms with E-state index in [-0.39, 0.29) is 13.1 Å². The second kappa shape index (κ2) is 7.98. The average Bonchev–Trinajstić information content (AvgIpc) is 2.72. The molecule has 120 valence electrons. The van der Waals surface area contributed by atoms with Crippen molar-refractivity contribution in [3.8, 4) is 0 Å². The monoisotopic (exact) mass is 344 g/mol. The first-order valence-electron chi connectivity index (χ1n) is 6.09. The maximum Gasteiger partial charge on any atom is 0.401 e. The van der Waals surface area contributed by atoms with Crippen LogP contribution in [0.2, 0.25) is 4.34 Å². The van der Waals surface area contributed by atoms with Crippen LogP contribution in [0.5, 0.6) is 0 Å². The van der Waals surface area contributed by atoms with Crippen molar-refractivity contribution < 1.29 is 23.1 Å². The normalized spacial score (nSPS) is 12.0. The number of hydrogen-bond acceptors (Lipinski definition) is 4. The molecular weight excluding hydrogens is 329 g/mol. The number of halogens is 4. The number of carbonyl (C=O) groups excluding carboxylic acids is 1. The van der Waals surface area contributed by atoms with Gasteiger partial charge in [-0.15, -0.1) is 11.3 Å². The van der Waals surface area contributed by atoms with E-state index in [2.05, 4.69) is 0 Å². The molecule has 0 aromatic carbocycles. The minimum atomic E-state index is -4.41. The average molecular weight is 345 g/mol. The molecule has 0 fully saturated rings. The highest BCUT2D eigenvalue weighted by molar-refractivity contribution is 7.16. The van der Waals surface area contributed by atoms with E-state index < -0.39 is 31.8 Å². The number of rotatable bonds is 7. The number of carbonyl (C=O) groups is 1. The number of hydrogen-bond donors (Lipinski definition) is 1. The Kier molecular flexibility index (Phi) is 6.92. The standard InChI is InChI=1S/C12H16ClF3N2O2S/c1-17(6-9-2-3-10(13)21-9)11(20)7-18(4-5-19)8-12(14,15)16/h2-3,19H,4-8H2,1H3. The Labute approximate surface area is 129 Å². The molecule has 0 saturated carbocycles. The zero-order valence-electron chi connectivity index (χ0n) is 11.4. The molecule has 21 heavy (non-hydrogen) atoms. The van der Waals surface area contributed by atoms with Crippen LogP contribution in [0, 0.1) is 0 Å². The molecule has 0 aliphatic carbocycles. The highest BCUT2D eigenvalue weighted by Gasteiger charge is 2.31. The first-order chi connectivity index (χ1) is 9.71. The predicted molar refractivity (Wildman–Crippen MR) is 75.4 cm³/mol. The molecule has 0 spiro atoms. The van der Waals surface area contributed by atoms with E-state index in [9.17, 15) is 18.0 Å². The summed E-state index contributed by atoms with van der Waals surface area (Å²) in [5.41, 5.74) is 0. The largest absolute Gasteiger partial charge is 0.401 e. The fraction of sp³-hybridized carbons (Fsp3) is 0.583. The van der Waals surface area contributed by atoms with E-state index in [1.165, 1.54) is 23.3 Å². The second-order valence-electron chi connectivity index (χ2n) is 4.51. The molecule has 0 unspecified atom stereocenters.